The van der Waals surface area contributed by atoms with Gasteiger partial charge in [-0.15, -0.1) is 11.3 Å². The van der Waals surface area contributed by atoms with Crippen LogP contribution >= 0.6 is 22.9 Å². The summed E-state index contributed by atoms with van der Waals surface area (Å²) in [6.07, 6.45) is 12.7. The highest BCUT2D eigenvalue weighted by atomic mass is 35.5. The van der Waals surface area contributed by atoms with Crippen LogP contribution in [-0.2, 0) is 19.6 Å². The number of hydrogen-bond acceptors (Lipinski definition) is 18. The number of halogens is 1. The lowest BCUT2D eigenvalue weighted by Gasteiger charge is -2.42. The van der Waals surface area contributed by atoms with Crippen molar-refractivity contribution in [2.75, 3.05) is 95.3 Å². The van der Waals surface area contributed by atoms with Gasteiger partial charge in [0, 0.05) is 119 Å². The predicted octanol–water partition coefficient (Wildman–Crippen LogP) is 12.9. The summed E-state index contributed by atoms with van der Waals surface area (Å²) in [4.78, 5) is 78.4. The number of fused-ring (bicyclic) bond motifs is 1. The quantitative estimate of drug-likeness (QED) is 0.0167. The number of aliphatic hydroxyl groups is 1. The van der Waals surface area contributed by atoms with Crippen molar-refractivity contribution in [3.63, 3.8) is 0 Å². The van der Waals surface area contributed by atoms with Crippen molar-refractivity contribution >= 4 is 84.4 Å². The first kappa shape index (κ1) is 74.9. The van der Waals surface area contributed by atoms with E-state index in [0.29, 0.717) is 43.6 Å². The van der Waals surface area contributed by atoms with Crippen molar-refractivity contribution in [1.82, 2.24) is 49.9 Å². The lowest BCUT2D eigenvalue weighted by molar-refractivity contribution is -0.384. The van der Waals surface area contributed by atoms with Gasteiger partial charge in [0.25, 0.3) is 21.6 Å². The second-order valence-corrected chi connectivity index (χ2v) is 33.7. The Morgan fingerprint density at radius 2 is 1.60 bits per heavy atom. The van der Waals surface area contributed by atoms with Crippen LogP contribution in [0, 0.1) is 33.8 Å². The minimum absolute atomic E-state index is 0.0455. The van der Waals surface area contributed by atoms with Gasteiger partial charge in [0.15, 0.2) is 0 Å². The zero-order valence-electron chi connectivity index (χ0n) is 60.4. The maximum absolute atomic E-state index is 14.3. The first-order valence-corrected chi connectivity index (χ1v) is 39.3. The number of aliphatic hydroxyl groups excluding tert-OH is 1. The fraction of sp³-hybridized carbons (Fsp3) is 0.500. The summed E-state index contributed by atoms with van der Waals surface area (Å²) in [5, 5.41) is 34.9. The van der Waals surface area contributed by atoms with Gasteiger partial charge in [0.05, 0.1) is 55.8 Å². The molecule has 0 spiro atoms. The van der Waals surface area contributed by atoms with Gasteiger partial charge in [-0.25, -0.2) is 23.1 Å². The Morgan fingerprint density at radius 3 is 2.31 bits per heavy atom. The number of piperazine rings is 2. The molecule has 550 valence electrons. The Hall–Kier alpha value is -7.81. The topological polar surface area (TPSA) is 264 Å². The van der Waals surface area contributed by atoms with Crippen LogP contribution in [0.4, 0.5) is 17.1 Å². The number of pyridine rings is 1. The summed E-state index contributed by atoms with van der Waals surface area (Å²) >= 11 is 7.89. The summed E-state index contributed by atoms with van der Waals surface area (Å²) in [7, 11) is -4.63. The number of aromatic nitrogens is 3. The number of allylic oxidation sites excluding steroid dienone is 1. The van der Waals surface area contributed by atoms with Crippen LogP contribution in [0.5, 0.6) is 11.5 Å². The molecule has 6 heterocycles. The summed E-state index contributed by atoms with van der Waals surface area (Å²) in [5.74, 6) is -0.664. The number of unbranched alkanes of at least 4 members (excludes halogenated alkanes) is 2. The molecule has 103 heavy (non-hydrogen) atoms. The number of aromatic amines is 1. The smallest absolute Gasteiger partial charge is 0.293 e. The van der Waals surface area contributed by atoms with E-state index in [0.717, 1.165) is 160 Å². The number of anilines is 2. The standard InChI is InChI=1S/C78H100ClN13O9S2/c1-51(54-13-15-56(16-14-54)71-52(2)84-50-102-71)85-75(95)69-43-62(93)49-91(69)76(96)72(77(3,4)5)80-30-9-8-10-32-87-33-37-89(38-34-87)60-21-11-53(12-22-60)46-82-67-26-24-64(44-68(67)92(97)98)103(99,100)86-74(94)65-25-23-61(42-70(65)101-63-41-57-28-31-81-73(57)83-47-63)90-39-35-88(36-40-90)48-58-27-29-78(6,7)45-66(58)55-17-19-59(79)20-18-55/h13-20,23-26,28,31,41-42,44,47,50-51,53,60,62,69,72,80,82,93H,8-12,21-22,27,29-30,32-40,43,45-46,48-49H2,1-7H3,(H,81,83)(H,85,95)(H,86,94)/t51-,53?,60?,62+,69-,72+/m0/s1. The summed E-state index contributed by atoms with van der Waals surface area (Å²) in [5.41, 5.74) is 9.90. The number of carbonyl (C=O) groups is 3. The van der Waals surface area contributed by atoms with Crippen molar-refractivity contribution in [1.29, 1.82) is 0 Å². The number of amides is 3. The van der Waals surface area contributed by atoms with Crippen molar-refractivity contribution in [2.45, 2.75) is 154 Å². The molecule has 4 atom stereocenters. The molecule has 4 aromatic carbocycles. The molecule has 0 bridgehead atoms. The van der Waals surface area contributed by atoms with Gasteiger partial charge in [-0.3, -0.25) is 34.3 Å². The van der Waals surface area contributed by atoms with Crippen LogP contribution in [-0.4, -0.2) is 180 Å². The van der Waals surface area contributed by atoms with E-state index in [4.69, 9.17) is 16.3 Å². The van der Waals surface area contributed by atoms with Gasteiger partial charge in [-0.2, -0.15) is 0 Å². The number of benzene rings is 4. The summed E-state index contributed by atoms with van der Waals surface area (Å²) in [6.45, 7) is 24.8. The molecular formula is C78H100ClN13O9S2. The number of ether oxygens (including phenoxy) is 1. The average Bonchev–Trinajstić information content (AvgIpc) is 1.69. The van der Waals surface area contributed by atoms with Gasteiger partial charge in [-0.1, -0.05) is 94.6 Å². The number of nitrogens with zero attached hydrogens (tertiary/aromatic N) is 8. The van der Waals surface area contributed by atoms with Crippen molar-refractivity contribution in [3.8, 4) is 21.9 Å². The first-order chi connectivity index (χ1) is 49.3. The number of β-amino-alcohol motifs (C(OH)–C–C–N with tert-alkyl or cyclic N) is 1. The molecule has 6 N–H and O–H groups in total. The molecule has 7 aromatic rings. The number of nitro groups is 1. The second-order valence-electron chi connectivity index (χ2n) is 30.7. The van der Waals surface area contributed by atoms with E-state index in [1.807, 2.05) is 82.6 Å². The number of sulfonamides is 1. The molecule has 25 heteroatoms. The SMILES string of the molecule is Cc1ncsc1-c1ccc([C@H](C)NC(=O)[C@@H]2C[C@@H](O)CN2C(=O)[C@@H](NCCCCCN2CCN(C3CCC(CNc4ccc(S(=O)(=O)NC(=O)c5ccc(N6CCN(CC7=C(c8ccc(Cl)cc8)CC(C)(C)CC7)CC6)cc5Oc5cnc6[nH]ccc6c5)cc4[N+](=O)[O-])CC3)CC2)C(C)(C)C)cc1. The predicted molar refractivity (Wildman–Crippen MR) is 407 cm³/mol. The Bertz CT molecular complexity index is 4290. The van der Waals surface area contributed by atoms with E-state index in [-0.39, 0.29) is 59.2 Å². The number of aryl methyl sites for hydroxylation is 1. The Kier molecular flexibility index (Phi) is 23.8. The maximum Gasteiger partial charge on any atom is 0.293 e. The third kappa shape index (κ3) is 18.6. The number of hydrogen-bond donors (Lipinski definition) is 6. The highest BCUT2D eigenvalue weighted by Crippen LogP contribution is 2.44. The molecule has 5 aliphatic rings. The molecule has 0 unspecified atom stereocenters. The Balaban J connectivity index is 0.581. The zero-order chi connectivity index (χ0) is 72.7. The maximum atomic E-state index is 14.3. The van der Waals surface area contributed by atoms with Gasteiger partial charge in [-0.05, 0) is 172 Å². The number of nitrogens with one attached hydrogen (secondary N) is 5. The number of nitro benzene ring substituents is 1. The second kappa shape index (κ2) is 32.7. The molecule has 3 aliphatic heterocycles. The van der Waals surface area contributed by atoms with E-state index in [2.05, 4.69) is 81.2 Å². The van der Waals surface area contributed by atoms with Crippen molar-refractivity contribution < 1.29 is 37.6 Å². The van der Waals surface area contributed by atoms with Crippen LogP contribution in [0.15, 0.2) is 125 Å². The summed E-state index contributed by atoms with van der Waals surface area (Å²) < 4.78 is 36.8. The third-order valence-corrected chi connectivity index (χ3v) is 24.2. The zero-order valence-corrected chi connectivity index (χ0v) is 62.8. The highest BCUT2D eigenvalue weighted by molar-refractivity contribution is 7.90. The first-order valence-electron chi connectivity index (χ1n) is 36.6. The highest BCUT2D eigenvalue weighted by Gasteiger charge is 2.44. The Morgan fingerprint density at radius 1 is 0.874 bits per heavy atom. The van der Waals surface area contributed by atoms with E-state index in [1.54, 1.807) is 46.7 Å². The number of carbonyl (C=O) groups excluding carboxylic acids is 3. The fourth-order valence-electron chi connectivity index (χ4n) is 15.5. The molecule has 4 fully saturated rings. The lowest BCUT2D eigenvalue weighted by atomic mass is 9.72. The van der Waals surface area contributed by atoms with Crippen LogP contribution in [0.1, 0.15) is 145 Å². The molecule has 1 saturated carbocycles. The van der Waals surface area contributed by atoms with E-state index in [9.17, 15) is 38.0 Å². The minimum atomic E-state index is -4.63. The van der Waals surface area contributed by atoms with E-state index < -0.39 is 55.0 Å². The number of rotatable bonds is 26. The van der Waals surface area contributed by atoms with Crippen molar-refractivity contribution in [2.24, 2.45) is 16.7 Å². The normalized spacial score (nSPS) is 20.8. The monoisotopic (exact) mass is 1460 g/mol. The molecule has 3 saturated heterocycles. The van der Waals surface area contributed by atoms with Gasteiger partial charge in [0.1, 0.15) is 28.9 Å². The van der Waals surface area contributed by atoms with E-state index >= 15 is 0 Å². The average molecular weight is 1460 g/mol. The van der Waals surface area contributed by atoms with Gasteiger partial charge < -0.3 is 45.5 Å². The number of likely N-dealkylation sites (tertiary alicyclic amines) is 1. The fourth-order valence-corrected chi connectivity index (χ4v) is 17.5. The molecule has 2 aliphatic carbocycles. The van der Waals surface area contributed by atoms with Crippen LogP contribution in [0.2, 0.25) is 5.02 Å². The van der Waals surface area contributed by atoms with Crippen LogP contribution in [0.3, 0.4) is 0 Å². The molecule has 22 nitrogen and oxygen atoms in total. The molecule has 0 radical (unpaired) electrons. The lowest BCUT2D eigenvalue weighted by Crippen LogP contribution is -2.56. The van der Waals surface area contributed by atoms with Gasteiger partial charge in [0.2, 0.25) is 11.8 Å². The third-order valence-electron chi connectivity index (χ3n) is 21.6. The molecule has 12 rings (SSSR count). The van der Waals surface area contributed by atoms with Crippen LogP contribution in [0.25, 0.3) is 27.0 Å². The number of thiazole rings is 1. The summed E-state index contributed by atoms with van der Waals surface area (Å²) in [6, 6.07) is 27.6. The molecule has 3 amide bonds. The van der Waals surface area contributed by atoms with E-state index in [1.165, 1.54) is 35.0 Å². The number of H-pyrrole nitrogens is 1. The minimum Gasteiger partial charge on any atom is -0.455 e. The molecule has 3 aromatic heterocycles. The molecular weight excluding hydrogens is 1360 g/mol. The van der Waals surface area contributed by atoms with Gasteiger partial charge >= 0.3 is 0 Å². The largest absolute Gasteiger partial charge is 0.455 e. The Labute approximate surface area is 614 Å². The van der Waals surface area contributed by atoms with Crippen molar-refractivity contribution in [3.05, 3.63) is 158 Å². The van der Waals surface area contributed by atoms with Crippen LogP contribution < -0.4 is 30.3 Å².